The highest BCUT2D eigenvalue weighted by Gasteiger charge is 2.11. The van der Waals surface area contributed by atoms with E-state index in [9.17, 15) is 0 Å². The predicted molar refractivity (Wildman–Crippen MR) is 121 cm³/mol. The van der Waals surface area contributed by atoms with Gasteiger partial charge in [0.15, 0.2) is 11.8 Å². The minimum Gasteiger partial charge on any atom is -0.356 e. The van der Waals surface area contributed by atoms with Crippen LogP contribution in [0.25, 0.3) is 11.6 Å². The Hall–Kier alpha value is -2.20. The highest BCUT2D eigenvalue weighted by atomic mass is 127. The average molecular weight is 513 g/mol. The number of rotatable bonds is 6. The molecular formula is C19H22ClIN6O. The van der Waals surface area contributed by atoms with E-state index in [2.05, 4.69) is 25.4 Å². The lowest BCUT2D eigenvalue weighted by Gasteiger charge is -2.22. The Morgan fingerprint density at radius 1 is 1.25 bits per heavy atom. The number of pyridine rings is 1. The van der Waals surface area contributed by atoms with Gasteiger partial charge in [0.1, 0.15) is 5.69 Å². The molecule has 1 aromatic carbocycles. The Balaban J connectivity index is 0.00000280. The Bertz CT molecular complexity index is 902. The van der Waals surface area contributed by atoms with Crippen molar-refractivity contribution in [3.63, 3.8) is 0 Å². The maximum Gasteiger partial charge on any atom is 0.276 e. The third kappa shape index (κ3) is 6.16. The average Bonchev–Trinajstić information content (AvgIpc) is 3.15. The fourth-order valence-electron chi connectivity index (χ4n) is 2.60. The molecule has 0 aliphatic carbocycles. The molecule has 0 saturated carbocycles. The smallest absolute Gasteiger partial charge is 0.276 e. The molecule has 0 bridgehead atoms. The van der Waals surface area contributed by atoms with E-state index in [0.717, 1.165) is 16.5 Å². The zero-order valence-electron chi connectivity index (χ0n) is 15.7. The van der Waals surface area contributed by atoms with Gasteiger partial charge in [-0.2, -0.15) is 4.98 Å². The van der Waals surface area contributed by atoms with E-state index in [1.165, 1.54) is 0 Å². The first-order valence-electron chi connectivity index (χ1n) is 8.56. The molecule has 0 aliphatic heterocycles. The van der Waals surface area contributed by atoms with E-state index < -0.39 is 0 Å². The zero-order chi connectivity index (χ0) is 19.1. The van der Waals surface area contributed by atoms with E-state index >= 15 is 0 Å². The monoisotopic (exact) mass is 512 g/mol. The van der Waals surface area contributed by atoms with Crippen molar-refractivity contribution in [3.8, 4) is 11.6 Å². The number of halogens is 2. The second-order valence-electron chi connectivity index (χ2n) is 5.94. The van der Waals surface area contributed by atoms with E-state index in [4.69, 9.17) is 16.1 Å². The second-order valence-corrected chi connectivity index (χ2v) is 6.38. The first kappa shape index (κ1) is 22.1. The van der Waals surface area contributed by atoms with Gasteiger partial charge in [-0.15, -0.1) is 24.0 Å². The minimum absolute atomic E-state index is 0. The third-order valence-corrected chi connectivity index (χ3v) is 4.10. The molecule has 2 heterocycles. The van der Waals surface area contributed by atoms with Crippen LogP contribution in [0.4, 0.5) is 0 Å². The van der Waals surface area contributed by atoms with Gasteiger partial charge < -0.3 is 14.7 Å². The van der Waals surface area contributed by atoms with Crippen LogP contribution in [0.5, 0.6) is 0 Å². The Morgan fingerprint density at radius 2 is 2.11 bits per heavy atom. The van der Waals surface area contributed by atoms with Crippen molar-refractivity contribution in [2.24, 2.45) is 4.99 Å². The fraction of sp³-hybridized carbons (Fsp3) is 0.263. The van der Waals surface area contributed by atoms with Gasteiger partial charge in [0.05, 0.1) is 0 Å². The van der Waals surface area contributed by atoms with Gasteiger partial charge >= 0.3 is 0 Å². The summed E-state index contributed by atoms with van der Waals surface area (Å²) >= 11 is 6.05. The predicted octanol–water partition coefficient (Wildman–Crippen LogP) is 3.65. The maximum absolute atomic E-state index is 6.05. The van der Waals surface area contributed by atoms with E-state index in [1.54, 1.807) is 13.2 Å². The molecule has 0 fully saturated rings. The molecule has 9 heteroatoms. The molecule has 2 aromatic heterocycles. The zero-order valence-corrected chi connectivity index (χ0v) is 18.8. The summed E-state index contributed by atoms with van der Waals surface area (Å²) in [5, 5.41) is 8.04. The van der Waals surface area contributed by atoms with Crippen LogP contribution >= 0.6 is 35.6 Å². The number of aromatic nitrogens is 3. The van der Waals surface area contributed by atoms with Gasteiger partial charge in [0.25, 0.3) is 5.89 Å². The van der Waals surface area contributed by atoms with E-state index in [0.29, 0.717) is 36.9 Å². The summed E-state index contributed by atoms with van der Waals surface area (Å²) in [5.74, 6) is 1.83. The largest absolute Gasteiger partial charge is 0.356 e. The summed E-state index contributed by atoms with van der Waals surface area (Å²) in [7, 11) is 3.73. The lowest BCUT2D eigenvalue weighted by Crippen LogP contribution is -2.39. The Labute approximate surface area is 186 Å². The first-order chi connectivity index (χ1) is 13.2. The third-order valence-electron chi connectivity index (χ3n) is 3.87. The molecule has 0 atom stereocenters. The van der Waals surface area contributed by atoms with Crippen molar-refractivity contribution < 1.29 is 4.52 Å². The molecule has 0 unspecified atom stereocenters. The van der Waals surface area contributed by atoms with Crippen LogP contribution in [0.15, 0.2) is 58.2 Å². The quantitative estimate of drug-likeness (QED) is 0.309. The molecule has 0 aliphatic rings. The van der Waals surface area contributed by atoms with Crippen molar-refractivity contribution >= 4 is 41.5 Å². The van der Waals surface area contributed by atoms with Crippen molar-refractivity contribution in [1.29, 1.82) is 0 Å². The minimum atomic E-state index is 0. The summed E-state index contributed by atoms with van der Waals surface area (Å²) in [6.07, 6.45) is 2.31. The standard InChI is InChI=1S/C19H21ClN6O.HI/c1-21-19(26(2)13-14-6-5-7-15(20)12-14)23-11-9-17-24-18(27-25-17)16-8-3-4-10-22-16;/h3-8,10,12H,9,11,13H2,1-2H3,(H,21,23);1H. The number of aliphatic imine (C=N–C) groups is 1. The Kier molecular flexibility index (Phi) is 8.65. The van der Waals surface area contributed by atoms with Gasteiger partial charge in [0, 0.05) is 44.8 Å². The Morgan fingerprint density at radius 3 is 2.82 bits per heavy atom. The lowest BCUT2D eigenvalue weighted by atomic mass is 10.2. The molecule has 1 N–H and O–H groups in total. The van der Waals surface area contributed by atoms with Gasteiger partial charge in [-0.05, 0) is 29.8 Å². The van der Waals surface area contributed by atoms with Crippen LogP contribution in [-0.4, -0.2) is 46.6 Å². The van der Waals surface area contributed by atoms with Gasteiger partial charge in [-0.25, -0.2) is 0 Å². The molecule has 0 radical (unpaired) electrons. The first-order valence-corrected chi connectivity index (χ1v) is 8.93. The number of nitrogens with zero attached hydrogens (tertiary/aromatic N) is 5. The van der Waals surface area contributed by atoms with Gasteiger partial charge in [-0.3, -0.25) is 9.98 Å². The number of hydrogen-bond donors (Lipinski definition) is 1. The van der Waals surface area contributed by atoms with Crippen LogP contribution in [0.1, 0.15) is 11.4 Å². The molecule has 3 aromatic rings. The van der Waals surface area contributed by atoms with Crippen molar-refractivity contribution in [2.45, 2.75) is 13.0 Å². The number of benzene rings is 1. The molecule has 0 amide bonds. The van der Waals surface area contributed by atoms with Crippen LogP contribution in [0, 0.1) is 0 Å². The fourth-order valence-corrected chi connectivity index (χ4v) is 2.82. The molecular weight excluding hydrogens is 491 g/mol. The maximum atomic E-state index is 6.05. The van der Waals surface area contributed by atoms with Crippen LogP contribution in [0.2, 0.25) is 5.02 Å². The lowest BCUT2D eigenvalue weighted by molar-refractivity contribution is 0.420. The second kappa shape index (κ2) is 11.0. The van der Waals surface area contributed by atoms with Crippen molar-refractivity contribution in [2.75, 3.05) is 20.6 Å². The van der Waals surface area contributed by atoms with Crippen LogP contribution < -0.4 is 5.32 Å². The van der Waals surface area contributed by atoms with Gasteiger partial charge in [-0.1, -0.05) is 35.0 Å². The summed E-state index contributed by atoms with van der Waals surface area (Å²) in [5.41, 5.74) is 1.78. The van der Waals surface area contributed by atoms with Crippen LogP contribution in [0.3, 0.4) is 0 Å². The summed E-state index contributed by atoms with van der Waals surface area (Å²) in [6, 6.07) is 13.4. The summed E-state index contributed by atoms with van der Waals surface area (Å²) in [6.45, 7) is 1.33. The van der Waals surface area contributed by atoms with Crippen molar-refractivity contribution in [1.82, 2.24) is 25.3 Å². The van der Waals surface area contributed by atoms with E-state index in [-0.39, 0.29) is 24.0 Å². The highest BCUT2D eigenvalue weighted by molar-refractivity contribution is 14.0. The number of nitrogens with one attached hydrogen (secondary N) is 1. The molecule has 148 valence electrons. The number of hydrogen-bond acceptors (Lipinski definition) is 5. The molecule has 3 rings (SSSR count). The molecule has 28 heavy (non-hydrogen) atoms. The topological polar surface area (TPSA) is 79.4 Å². The van der Waals surface area contributed by atoms with Gasteiger partial charge in [0.2, 0.25) is 0 Å². The summed E-state index contributed by atoms with van der Waals surface area (Å²) in [4.78, 5) is 14.9. The molecule has 0 saturated heterocycles. The molecule has 0 spiro atoms. The van der Waals surface area contributed by atoms with Crippen LogP contribution in [-0.2, 0) is 13.0 Å². The number of guanidine groups is 1. The normalized spacial score (nSPS) is 11.0. The van der Waals surface area contributed by atoms with Crippen molar-refractivity contribution in [3.05, 3.63) is 65.1 Å². The highest BCUT2D eigenvalue weighted by Crippen LogP contribution is 2.14. The van der Waals surface area contributed by atoms with E-state index in [1.807, 2.05) is 54.4 Å². The SMILES string of the molecule is CN=C(NCCc1noc(-c2ccccn2)n1)N(C)Cc1cccc(Cl)c1.I. The summed E-state index contributed by atoms with van der Waals surface area (Å²) < 4.78 is 5.27. The molecule has 7 nitrogen and oxygen atoms in total.